The summed E-state index contributed by atoms with van der Waals surface area (Å²) < 4.78 is 43.7. The molecule has 0 aliphatic carbocycles. The van der Waals surface area contributed by atoms with Gasteiger partial charge in [0.1, 0.15) is 0 Å². The third kappa shape index (κ3) is 4.72. The summed E-state index contributed by atoms with van der Waals surface area (Å²) in [6.45, 7) is 0. The Morgan fingerprint density at radius 1 is 0.340 bits per heavy atom. The van der Waals surface area contributed by atoms with Crippen molar-refractivity contribution in [2.45, 2.75) is 0 Å². The first-order chi connectivity index (χ1) is 25.4. The van der Waals surface area contributed by atoms with Gasteiger partial charge in [0.15, 0.2) is 0 Å². The molecule has 0 radical (unpaired) electrons. The molecule has 1 nitrogen and oxygen atoms in total. The highest BCUT2D eigenvalue weighted by Gasteiger charge is 2.16. The molecule has 1 heteroatoms. The molecule has 0 aliphatic heterocycles. The lowest BCUT2D eigenvalue weighted by molar-refractivity contribution is 1.28. The Labute approximate surface area is 281 Å². The van der Waals surface area contributed by atoms with E-state index >= 15 is 0 Å². The van der Waals surface area contributed by atoms with Crippen LogP contribution in [0.25, 0.3) is 65.3 Å². The van der Waals surface area contributed by atoms with Crippen LogP contribution in [0, 0.1) is 0 Å². The summed E-state index contributed by atoms with van der Waals surface area (Å²) >= 11 is 0. The van der Waals surface area contributed by atoms with Crippen molar-refractivity contribution >= 4 is 60.2 Å². The summed E-state index contributed by atoms with van der Waals surface area (Å²) in [5, 5.41) is 9.13. The smallest absolute Gasteiger partial charge is 0.0645 e. The fraction of sp³-hybridized carbons (Fsp3) is 0. The third-order valence-corrected chi connectivity index (χ3v) is 9.08. The van der Waals surface area contributed by atoms with E-state index in [-0.39, 0.29) is 29.9 Å². The molecule has 9 rings (SSSR count). The Kier molecular flexibility index (Phi) is 5.38. The maximum Gasteiger partial charge on any atom is 0.0645 e. The fourth-order valence-corrected chi connectivity index (χ4v) is 6.97. The van der Waals surface area contributed by atoms with Gasteiger partial charge in [-0.1, -0.05) is 139 Å². The van der Waals surface area contributed by atoms with E-state index < -0.39 is 6.04 Å². The Balaban J connectivity index is 1.29. The van der Waals surface area contributed by atoms with Crippen molar-refractivity contribution in [3.63, 3.8) is 0 Å². The molecule has 0 fully saturated rings. The van der Waals surface area contributed by atoms with E-state index in [4.69, 9.17) is 6.85 Å². The van der Waals surface area contributed by atoms with E-state index in [1.807, 2.05) is 48.5 Å². The van der Waals surface area contributed by atoms with Gasteiger partial charge in [0, 0.05) is 17.1 Å². The Morgan fingerprint density at radius 2 is 0.766 bits per heavy atom. The second-order valence-electron chi connectivity index (χ2n) is 11.8. The zero-order valence-electron chi connectivity index (χ0n) is 30.5. The van der Waals surface area contributed by atoms with Gasteiger partial charge < -0.3 is 4.90 Å². The molecule has 0 unspecified atom stereocenters. The van der Waals surface area contributed by atoms with Gasteiger partial charge in [-0.2, -0.15) is 0 Å². The molecule has 0 N–H and O–H groups in total. The third-order valence-electron chi connectivity index (χ3n) is 9.08. The normalized spacial score (nSPS) is 12.9. The topological polar surface area (TPSA) is 3.24 Å². The Morgan fingerprint density at radius 3 is 1.26 bits per heavy atom. The first kappa shape index (κ1) is 22.3. The van der Waals surface area contributed by atoms with Crippen LogP contribution >= 0.6 is 0 Å². The van der Waals surface area contributed by atoms with Crippen molar-refractivity contribution < 1.29 is 6.85 Å². The number of hydrogen-bond donors (Lipinski definition) is 0. The zero-order chi connectivity index (χ0) is 35.5. The molecule has 0 saturated carbocycles. The summed E-state index contributed by atoms with van der Waals surface area (Å²) in [4.78, 5) is 1.81. The number of rotatable bonds is 5. The predicted octanol–water partition coefficient (Wildman–Crippen LogP) is 13.1. The lowest BCUT2D eigenvalue weighted by atomic mass is 9.92. The number of benzene rings is 9. The lowest BCUT2D eigenvalue weighted by Gasteiger charge is -2.27. The van der Waals surface area contributed by atoms with Crippen molar-refractivity contribution in [3.05, 3.63) is 188 Å². The Bertz CT molecular complexity index is 2690. The van der Waals surface area contributed by atoms with Gasteiger partial charge in [-0.3, -0.25) is 0 Å². The molecule has 0 spiro atoms. The standard InChI is InChI=1S/C46H31N/c1-2-18-36(19-3-1)47(37-20-12-16-32(28-37)45-30-34-14-4-6-22-39(34)41-24-8-10-26-43(41)45)38-21-13-17-33(29-38)46-31-35-15-5-7-23-40(35)42-25-9-11-27-44(42)46/h1-31H/i1D,2D,3D,18D,19D. The maximum atomic E-state index is 9.08. The van der Waals surface area contributed by atoms with E-state index in [1.54, 1.807) is 4.90 Å². The second-order valence-corrected chi connectivity index (χ2v) is 11.8. The van der Waals surface area contributed by atoms with Crippen molar-refractivity contribution in [3.8, 4) is 22.3 Å². The zero-order valence-corrected chi connectivity index (χ0v) is 25.5. The largest absolute Gasteiger partial charge is 0.310 e. The minimum absolute atomic E-state index is 0.0899. The van der Waals surface area contributed by atoms with Gasteiger partial charge >= 0.3 is 0 Å². The van der Waals surface area contributed by atoms with Crippen LogP contribution in [-0.2, 0) is 0 Å². The first-order valence-electron chi connectivity index (χ1n) is 18.3. The second kappa shape index (κ2) is 11.3. The quantitative estimate of drug-likeness (QED) is 0.177. The summed E-state index contributed by atoms with van der Waals surface area (Å²) in [7, 11) is 0. The van der Waals surface area contributed by atoms with E-state index in [0.29, 0.717) is 11.4 Å². The molecule has 0 saturated heterocycles. The molecule has 9 aromatic rings. The minimum Gasteiger partial charge on any atom is -0.310 e. The number of anilines is 3. The van der Waals surface area contributed by atoms with Gasteiger partial charge in [-0.05, 0) is 114 Å². The molecule has 0 amide bonds. The van der Waals surface area contributed by atoms with Gasteiger partial charge in [0.05, 0.1) is 6.85 Å². The molecule has 47 heavy (non-hydrogen) atoms. The molecule has 0 bridgehead atoms. The molecule has 0 aromatic heterocycles. The lowest BCUT2D eigenvalue weighted by Crippen LogP contribution is -2.10. The fourth-order valence-electron chi connectivity index (χ4n) is 6.97. The predicted molar refractivity (Wildman–Crippen MR) is 202 cm³/mol. The first-order valence-corrected chi connectivity index (χ1v) is 15.8. The van der Waals surface area contributed by atoms with Crippen LogP contribution in [0.5, 0.6) is 0 Å². The van der Waals surface area contributed by atoms with Crippen LogP contribution in [0.15, 0.2) is 188 Å². The van der Waals surface area contributed by atoms with Crippen molar-refractivity contribution in [1.29, 1.82) is 0 Å². The number of nitrogens with zero attached hydrogens (tertiary/aromatic N) is 1. The highest BCUT2D eigenvalue weighted by atomic mass is 15.1. The van der Waals surface area contributed by atoms with Gasteiger partial charge in [0.25, 0.3) is 0 Å². The molecule has 9 aromatic carbocycles. The molecular formula is C46H31N. The molecule has 0 atom stereocenters. The maximum absolute atomic E-state index is 9.08. The van der Waals surface area contributed by atoms with Crippen LogP contribution in [0.3, 0.4) is 0 Å². The van der Waals surface area contributed by atoms with Gasteiger partial charge in [-0.15, -0.1) is 0 Å². The summed E-state index contributed by atoms with van der Waals surface area (Å²) in [6, 6.07) is 52.2. The van der Waals surface area contributed by atoms with E-state index in [0.717, 1.165) is 54.6 Å². The number of fused-ring (bicyclic) bond motifs is 6. The van der Waals surface area contributed by atoms with E-state index in [1.165, 1.54) is 10.8 Å². The van der Waals surface area contributed by atoms with Crippen LogP contribution in [0.1, 0.15) is 6.85 Å². The highest BCUT2D eigenvalue weighted by molar-refractivity contribution is 6.15. The van der Waals surface area contributed by atoms with Crippen molar-refractivity contribution in [2.24, 2.45) is 0 Å². The molecular weight excluding hydrogens is 567 g/mol. The average Bonchev–Trinajstić information content (AvgIpc) is 3.20. The Hall–Kier alpha value is -6.18. The van der Waals surface area contributed by atoms with Crippen LogP contribution in [0.2, 0.25) is 0 Å². The number of para-hydroxylation sites is 1. The van der Waals surface area contributed by atoms with E-state index in [2.05, 4.69) is 109 Å². The van der Waals surface area contributed by atoms with E-state index in [9.17, 15) is 0 Å². The minimum atomic E-state index is -0.425. The van der Waals surface area contributed by atoms with Crippen molar-refractivity contribution in [1.82, 2.24) is 0 Å². The molecule has 0 heterocycles. The molecule has 220 valence electrons. The van der Waals surface area contributed by atoms with Crippen molar-refractivity contribution in [2.75, 3.05) is 4.90 Å². The summed E-state index contributed by atoms with van der Waals surface area (Å²) in [6.07, 6.45) is 0. The summed E-state index contributed by atoms with van der Waals surface area (Å²) in [5.74, 6) is 0. The average molecular weight is 603 g/mol. The van der Waals surface area contributed by atoms with Gasteiger partial charge in [0.2, 0.25) is 0 Å². The van der Waals surface area contributed by atoms with Crippen LogP contribution < -0.4 is 4.90 Å². The van der Waals surface area contributed by atoms with Crippen LogP contribution in [0.4, 0.5) is 17.1 Å². The number of hydrogen-bond acceptors (Lipinski definition) is 1. The monoisotopic (exact) mass is 602 g/mol. The molecule has 0 aliphatic rings. The summed E-state index contributed by atoms with van der Waals surface area (Å²) in [5.41, 5.74) is 5.44. The van der Waals surface area contributed by atoms with Crippen LogP contribution in [-0.4, -0.2) is 0 Å². The SMILES string of the molecule is [2H]c1c([2H])c([2H])c(N(c2cccc(-c3cc4ccccc4c4ccccc34)c2)c2cccc(-c3cc4ccccc4c4ccccc34)c2)c([2H])c1[2H]. The van der Waals surface area contributed by atoms with Gasteiger partial charge in [-0.25, -0.2) is 0 Å². The highest BCUT2D eigenvalue weighted by Crippen LogP contribution is 2.42.